The molecule has 1 fully saturated rings. The van der Waals surface area contributed by atoms with Gasteiger partial charge in [0.1, 0.15) is 0 Å². The van der Waals surface area contributed by atoms with Gasteiger partial charge in [0.05, 0.1) is 11.5 Å². The molecule has 3 nitrogen and oxygen atoms in total. The van der Waals surface area contributed by atoms with E-state index in [1.165, 1.54) is 16.8 Å². The van der Waals surface area contributed by atoms with E-state index < -0.39 is 5.41 Å². The second-order valence-corrected chi connectivity index (χ2v) is 8.32. The Hall–Kier alpha value is -2.02. The van der Waals surface area contributed by atoms with Gasteiger partial charge in [-0.3, -0.25) is 4.90 Å². The minimum Gasteiger partial charge on any atom is -0.369 e. The standard InChI is InChI=1S/C25H33N3.ClH/c1-21(2)25(20-26,24-13-8-7-10-22(24)3)14-9-15-27-16-18-28(19-17-27)23-11-5-4-6-12-23;/h4-8,10-13,21H,9,14-19H2,1-3H3;1H. The zero-order valence-corrected chi connectivity index (χ0v) is 18.8. The summed E-state index contributed by atoms with van der Waals surface area (Å²) in [4.78, 5) is 5.03. The first-order chi connectivity index (χ1) is 13.6. The van der Waals surface area contributed by atoms with Crippen LogP contribution < -0.4 is 4.90 Å². The summed E-state index contributed by atoms with van der Waals surface area (Å²) in [6, 6.07) is 21.8. The van der Waals surface area contributed by atoms with Crippen LogP contribution >= 0.6 is 12.4 Å². The van der Waals surface area contributed by atoms with Crippen LogP contribution in [0.25, 0.3) is 0 Å². The fraction of sp³-hybridized carbons (Fsp3) is 0.480. The molecule has 156 valence electrons. The van der Waals surface area contributed by atoms with Gasteiger partial charge in [-0.05, 0) is 55.5 Å². The number of rotatable bonds is 7. The van der Waals surface area contributed by atoms with Crippen LogP contribution in [0.1, 0.15) is 37.8 Å². The van der Waals surface area contributed by atoms with Gasteiger partial charge in [0, 0.05) is 31.9 Å². The van der Waals surface area contributed by atoms with Gasteiger partial charge in [-0.1, -0.05) is 56.3 Å². The summed E-state index contributed by atoms with van der Waals surface area (Å²) in [7, 11) is 0. The van der Waals surface area contributed by atoms with Gasteiger partial charge in [0.2, 0.25) is 0 Å². The third-order valence-corrected chi connectivity index (χ3v) is 6.35. The van der Waals surface area contributed by atoms with E-state index in [2.05, 4.69) is 91.2 Å². The van der Waals surface area contributed by atoms with Crippen molar-refractivity contribution >= 4 is 18.1 Å². The topological polar surface area (TPSA) is 30.3 Å². The molecule has 0 aromatic heterocycles. The first-order valence-corrected chi connectivity index (χ1v) is 10.6. The third-order valence-electron chi connectivity index (χ3n) is 6.35. The minimum absolute atomic E-state index is 0. The van der Waals surface area contributed by atoms with Crippen LogP contribution in [0, 0.1) is 24.2 Å². The maximum absolute atomic E-state index is 10.2. The number of aryl methyl sites for hydroxylation is 1. The van der Waals surface area contributed by atoms with E-state index in [1.54, 1.807) is 0 Å². The summed E-state index contributed by atoms with van der Waals surface area (Å²) in [5.74, 6) is 0.300. The van der Waals surface area contributed by atoms with Crippen molar-refractivity contribution < 1.29 is 0 Å². The van der Waals surface area contributed by atoms with Crippen molar-refractivity contribution in [2.24, 2.45) is 5.92 Å². The molecule has 0 spiro atoms. The van der Waals surface area contributed by atoms with Crippen LogP contribution in [0.3, 0.4) is 0 Å². The van der Waals surface area contributed by atoms with Gasteiger partial charge in [0.25, 0.3) is 0 Å². The summed E-state index contributed by atoms with van der Waals surface area (Å²) in [5, 5.41) is 10.2. The van der Waals surface area contributed by atoms with Crippen molar-refractivity contribution in [1.82, 2.24) is 4.90 Å². The lowest BCUT2D eigenvalue weighted by Gasteiger charge is -2.37. The van der Waals surface area contributed by atoms with Gasteiger partial charge in [-0.15, -0.1) is 12.4 Å². The number of nitriles is 1. The Bertz CT molecular complexity index is 791. The minimum atomic E-state index is -0.392. The van der Waals surface area contributed by atoms with Crippen molar-refractivity contribution in [3.63, 3.8) is 0 Å². The molecule has 1 aliphatic rings. The van der Waals surface area contributed by atoms with E-state index in [4.69, 9.17) is 0 Å². The quantitative estimate of drug-likeness (QED) is 0.607. The predicted octanol–water partition coefficient (Wildman–Crippen LogP) is 5.44. The van der Waals surface area contributed by atoms with Gasteiger partial charge in [-0.25, -0.2) is 0 Å². The largest absolute Gasteiger partial charge is 0.369 e. The molecule has 0 aliphatic carbocycles. The maximum Gasteiger partial charge on any atom is 0.0848 e. The highest BCUT2D eigenvalue weighted by Crippen LogP contribution is 2.38. The number of piperazine rings is 1. The molecule has 0 amide bonds. The molecule has 2 aromatic rings. The van der Waals surface area contributed by atoms with Crippen LogP contribution in [0.2, 0.25) is 0 Å². The number of hydrogen-bond donors (Lipinski definition) is 0. The molecule has 0 saturated carbocycles. The molecule has 0 N–H and O–H groups in total. The normalized spacial score (nSPS) is 16.7. The number of halogens is 1. The lowest BCUT2D eigenvalue weighted by Crippen LogP contribution is -2.47. The van der Waals surface area contributed by atoms with Gasteiger partial charge in [0.15, 0.2) is 0 Å². The second kappa shape index (κ2) is 10.7. The van der Waals surface area contributed by atoms with Crippen LogP contribution in [-0.4, -0.2) is 37.6 Å². The van der Waals surface area contributed by atoms with Crippen LogP contribution in [0.15, 0.2) is 54.6 Å². The van der Waals surface area contributed by atoms with E-state index in [9.17, 15) is 5.26 Å². The lowest BCUT2D eigenvalue weighted by atomic mass is 9.68. The molecule has 1 unspecified atom stereocenters. The van der Waals surface area contributed by atoms with E-state index in [0.717, 1.165) is 45.6 Å². The summed E-state index contributed by atoms with van der Waals surface area (Å²) in [6.07, 6.45) is 1.98. The highest BCUT2D eigenvalue weighted by Gasteiger charge is 2.36. The van der Waals surface area contributed by atoms with Crippen molar-refractivity contribution in [2.45, 2.75) is 39.0 Å². The van der Waals surface area contributed by atoms with E-state index >= 15 is 0 Å². The van der Waals surface area contributed by atoms with Crippen molar-refractivity contribution in [1.29, 1.82) is 5.26 Å². The average molecular weight is 412 g/mol. The first-order valence-electron chi connectivity index (χ1n) is 10.6. The van der Waals surface area contributed by atoms with E-state index in [-0.39, 0.29) is 12.4 Å². The SMILES string of the molecule is Cc1ccccc1C(C#N)(CCCN1CCN(c2ccccc2)CC1)C(C)C.Cl. The first kappa shape index (κ1) is 23.3. The number of nitrogens with zero attached hydrogens (tertiary/aromatic N) is 3. The molecule has 29 heavy (non-hydrogen) atoms. The molecule has 0 radical (unpaired) electrons. The summed E-state index contributed by atoms with van der Waals surface area (Å²) < 4.78 is 0. The van der Waals surface area contributed by atoms with Crippen molar-refractivity contribution in [2.75, 3.05) is 37.6 Å². The number of anilines is 1. The summed E-state index contributed by atoms with van der Waals surface area (Å²) in [6.45, 7) is 11.9. The van der Waals surface area contributed by atoms with Crippen molar-refractivity contribution in [3.05, 3.63) is 65.7 Å². The number of benzene rings is 2. The molecule has 0 bridgehead atoms. The molecular formula is C25H34ClN3. The lowest BCUT2D eigenvalue weighted by molar-refractivity contribution is 0.239. The highest BCUT2D eigenvalue weighted by molar-refractivity contribution is 5.85. The monoisotopic (exact) mass is 411 g/mol. The smallest absolute Gasteiger partial charge is 0.0848 e. The summed E-state index contributed by atoms with van der Waals surface area (Å²) in [5.41, 5.74) is 3.37. The second-order valence-electron chi connectivity index (χ2n) is 8.32. The Labute approximate surface area is 182 Å². The van der Waals surface area contributed by atoms with Gasteiger partial charge < -0.3 is 4.90 Å². The van der Waals surface area contributed by atoms with Crippen LogP contribution in [0.4, 0.5) is 5.69 Å². The molecule has 1 aliphatic heterocycles. The Kier molecular flexibility index (Phi) is 8.56. The molecular weight excluding hydrogens is 378 g/mol. The molecule has 1 atom stereocenters. The van der Waals surface area contributed by atoms with Crippen molar-refractivity contribution in [3.8, 4) is 6.07 Å². The number of hydrogen-bond acceptors (Lipinski definition) is 3. The maximum atomic E-state index is 10.2. The van der Waals surface area contributed by atoms with E-state index in [0.29, 0.717) is 5.92 Å². The van der Waals surface area contributed by atoms with Gasteiger partial charge >= 0.3 is 0 Å². The zero-order valence-electron chi connectivity index (χ0n) is 18.0. The molecule has 3 rings (SSSR count). The Balaban J connectivity index is 0.00000300. The Morgan fingerprint density at radius 2 is 1.59 bits per heavy atom. The number of para-hydroxylation sites is 1. The third kappa shape index (κ3) is 5.32. The summed E-state index contributed by atoms with van der Waals surface area (Å²) >= 11 is 0. The Morgan fingerprint density at radius 1 is 0.966 bits per heavy atom. The molecule has 2 aromatic carbocycles. The molecule has 4 heteroatoms. The fourth-order valence-electron chi connectivity index (χ4n) is 4.50. The fourth-order valence-corrected chi connectivity index (χ4v) is 4.50. The van der Waals surface area contributed by atoms with Crippen LogP contribution in [-0.2, 0) is 5.41 Å². The molecule has 1 heterocycles. The Morgan fingerprint density at radius 3 is 2.17 bits per heavy atom. The predicted molar refractivity (Wildman–Crippen MR) is 125 cm³/mol. The zero-order chi connectivity index (χ0) is 20.0. The highest BCUT2D eigenvalue weighted by atomic mass is 35.5. The molecule has 1 saturated heterocycles. The van der Waals surface area contributed by atoms with Gasteiger partial charge in [-0.2, -0.15) is 5.26 Å². The average Bonchev–Trinajstić information content (AvgIpc) is 2.73. The van der Waals surface area contributed by atoms with Crippen LogP contribution in [0.5, 0.6) is 0 Å². The van der Waals surface area contributed by atoms with E-state index in [1.807, 2.05) is 0 Å².